The van der Waals surface area contributed by atoms with Gasteiger partial charge in [0.2, 0.25) is 0 Å². The molecule has 4 rings (SSSR count). The Balaban J connectivity index is 1.68. The molecule has 5 heteroatoms. The maximum Gasteiger partial charge on any atom is 0.341 e. The first-order chi connectivity index (χ1) is 14.3. The lowest BCUT2D eigenvalue weighted by Crippen LogP contribution is -2.06. The van der Waals surface area contributed by atoms with Crippen LogP contribution in [0.25, 0.3) is 5.65 Å². The number of fused-ring (bicyclic) bond motifs is 1. The Kier molecular flexibility index (Phi) is 5.26. The highest BCUT2D eigenvalue weighted by Gasteiger charge is 2.15. The summed E-state index contributed by atoms with van der Waals surface area (Å²) in [6, 6.07) is 22.5. The van der Waals surface area contributed by atoms with Crippen LogP contribution >= 0.6 is 0 Å². The van der Waals surface area contributed by atoms with E-state index in [1.165, 1.54) is 7.11 Å². The normalized spacial score (nSPS) is 10.2. The van der Waals surface area contributed by atoms with Crippen LogP contribution in [0.4, 0.5) is 0 Å². The van der Waals surface area contributed by atoms with Gasteiger partial charge in [-0.1, -0.05) is 42.3 Å². The van der Waals surface area contributed by atoms with Crippen LogP contribution in [0.5, 0.6) is 5.75 Å². The Morgan fingerprint density at radius 3 is 2.55 bits per heavy atom. The number of hydrogen-bond donors (Lipinski definition) is 0. The molecule has 0 bridgehead atoms. The molecule has 2 aromatic carbocycles. The van der Waals surface area contributed by atoms with E-state index in [-0.39, 0.29) is 6.61 Å². The molecule has 0 saturated carbocycles. The molecule has 0 spiro atoms. The van der Waals surface area contributed by atoms with Crippen molar-refractivity contribution in [2.75, 3.05) is 7.11 Å². The molecule has 5 nitrogen and oxygen atoms in total. The number of imidazole rings is 1. The van der Waals surface area contributed by atoms with Gasteiger partial charge in [-0.3, -0.25) is 4.40 Å². The molecule has 2 aromatic heterocycles. The number of rotatable bonds is 4. The first kappa shape index (κ1) is 18.3. The minimum atomic E-state index is -0.445. The summed E-state index contributed by atoms with van der Waals surface area (Å²) in [4.78, 5) is 16.6. The Morgan fingerprint density at radius 1 is 0.966 bits per heavy atom. The van der Waals surface area contributed by atoms with Crippen molar-refractivity contribution < 1.29 is 14.3 Å². The second kappa shape index (κ2) is 8.32. The van der Waals surface area contributed by atoms with Gasteiger partial charge in [-0.15, -0.1) is 0 Å². The van der Waals surface area contributed by atoms with Crippen molar-refractivity contribution in [3.8, 4) is 17.6 Å². The Labute approximate surface area is 168 Å². The largest absolute Gasteiger partial charge is 0.486 e. The molecule has 0 atom stereocenters. The van der Waals surface area contributed by atoms with Crippen molar-refractivity contribution in [2.45, 2.75) is 6.61 Å². The van der Waals surface area contributed by atoms with Crippen molar-refractivity contribution in [3.05, 3.63) is 102 Å². The minimum absolute atomic E-state index is 0.175. The average molecular weight is 382 g/mol. The Bertz CT molecular complexity index is 1220. The fourth-order valence-electron chi connectivity index (χ4n) is 2.95. The van der Waals surface area contributed by atoms with Crippen molar-refractivity contribution in [1.29, 1.82) is 0 Å². The number of methoxy groups -OCH3 is 1. The zero-order chi connectivity index (χ0) is 20.1. The maximum absolute atomic E-state index is 12.0. The van der Waals surface area contributed by atoms with Crippen LogP contribution in [0.15, 0.2) is 79.0 Å². The number of pyridine rings is 1. The van der Waals surface area contributed by atoms with Gasteiger partial charge in [0, 0.05) is 11.8 Å². The van der Waals surface area contributed by atoms with Crippen LogP contribution in [-0.2, 0) is 11.3 Å². The van der Waals surface area contributed by atoms with Crippen molar-refractivity contribution >= 4 is 11.6 Å². The van der Waals surface area contributed by atoms with Crippen LogP contribution in [0.1, 0.15) is 27.3 Å². The summed E-state index contributed by atoms with van der Waals surface area (Å²) in [5, 5.41) is 0. The molecule has 0 unspecified atom stereocenters. The van der Waals surface area contributed by atoms with Crippen molar-refractivity contribution in [1.82, 2.24) is 9.38 Å². The van der Waals surface area contributed by atoms with Crippen LogP contribution in [0.3, 0.4) is 0 Å². The van der Waals surface area contributed by atoms with E-state index in [2.05, 4.69) is 16.8 Å². The van der Waals surface area contributed by atoms with E-state index in [4.69, 9.17) is 9.47 Å². The topological polar surface area (TPSA) is 52.8 Å². The van der Waals surface area contributed by atoms with Gasteiger partial charge in [0.15, 0.2) is 0 Å². The first-order valence-electron chi connectivity index (χ1n) is 9.09. The predicted octanol–water partition coefficient (Wildman–Crippen LogP) is 4.10. The smallest absolute Gasteiger partial charge is 0.341 e. The number of carbonyl (C=O) groups excluding carboxylic acids is 1. The van der Waals surface area contributed by atoms with E-state index in [1.54, 1.807) is 18.2 Å². The van der Waals surface area contributed by atoms with Crippen LogP contribution in [0, 0.1) is 11.8 Å². The molecule has 0 fully saturated rings. The molecule has 0 aliphatic carbocycles. The molecule has 0 aliphatic heterocycles. The molecular formula is C24H18N2O3. The number of ether oxygens (including phenoxy) is 2. The summed E-state index contributed by atoms with van der Waals surface area (Å²) in [6.07, 6.45) is 1.92. The van der Waals surface area contributed by atoms with Gasteiger partial charge in [0.1, 0.15) is 35.0 Å². The summed E-state index contributed by atoms with van der Waals surface area (Å²) in [6.45, 7) is 0.175. The zero-order valence-corrected chi connectivity index (χ0v) is 15.8. The molecule has 29 heavy (non-hydrogen) atoms. The second-order valence-electron chi connectivity index (χ2n) is 6.23. The van der Waals surface area contributed by atoms with Gasteiger partial charge >= 0.3 is 5.97 Å². The number of hydrogen-bond acceptors (Lipinski definition) is 4. The zero-order valence-electron chi connectivity index (χ0n) is 15.8. The summed E-state index contributed by atoms with van der Waals surface area (Å²) >= 11 is 0. The summed E-state index contributed by atoms with van der Waals surface area (Å²) < 4.78 is 12.7. The van der Waals surface area contributed by atoms with Crippen molar-refractivity contribution in [3.63, 3.8) is 0 Å². The van der Waals surface area contributed by atoms with Gasteiger partial charge in [0.25, 0.3) is 0 Å². The van der Waals surface area contributed by atoms with E-state index in [0.717, 1.165) is 16.9 Å². The van der Waals surface area contributed by atoms with E-state index >= 15 is 0 Å². The second-order valence-corrected chi connectivity index (χ2v) is 6.23. The number of carbonyl (C=O) groups is 1. The number of esters is 1. The highest BCUT2D eigenvalue weighted by atomic mass is 16.5. The van der Waals surface area contributed by atoms with E-state index in [9.17, 15) is 4.79 Å². The van der Waals surface area contributed by atoms with E-state index in [0.29, 0.717) is 17.0 Å². The van der Waals surface area contributed by atoms with Gasteiger partial charge in [-0.25, -0.2) is 9.78 Å². The Hall–Kier alpha value is -4.04. The summed E-state index contributed by atoms with van der Waals surface area (Å²) in [5.41, 5.74) is 3.51. The predicted molar refractivity (Wildman–Crippen MR) is 110 cm³/mol. The molecule has 2 heterocycles. The summed E-state index contributed by atoms with van der Waals surface area (Å²) in [5.74, 6) is 6.39. The lowest BCUT2D eigenvalue weighted by molar-refractivity contribution is 0.0595. The first-order valence-corrected chi connectivity index (χ1v) is 9.09. The van der Waals surface area contributed by atoms with Crippen LogP contribution in [-0.4, -0.2) is 22.5 Å². The lowest BCUT2D eigenvalue weighted by Gasteiger charge is -2.09. The standard InChI is InChI=1S/C24H18N2O3/c1-28-24(27)19-11-5-6-12-22(19)29-17-20-21(15-14-18-9-3-2-4-10-18)26-16-8-7-13-23(26)25-20/h2-13,16H,17H2,1H3. The summed E-state index contributed by atoms with van der Waals surface area (Å²) in [7, 11) is 1.35. The SMILES string of the molecule is COC(=O)c1ccccc1OCc1nc2ccccn2c1C#Cc1ccccc1. The fraction of sp³-hybridized carbons (Fsp3) is 0.0833. The third-order valence-electron chi connectivity index (χ3n) is 4.36. The average Bonchev–Trinajstić information content (AvgIpc) is 3.14. The third-order valence-corrected chi connectivity index (χ3v) is 4.36. The van der Waals surface area contributed by atoms with E-state index < -0.39 is 5.97 Å². The molecule has 4 aromatic rings. The monoisotopic (exact) mass is 382 g/mol. The molecule has 0 aliphatic rings. The highest BCUT2D eigenvalue weighted by Crippen LogP contribution is 2.21. The maximum atomic E-state index is 12.0. The fourth-order valence-corrected chi connectivity index (χ4v) is 2.95. The van der Waals surface area contributed by atoms with Gasteiger partial charge < -0.3 is 9.47 Å². The highest BCUT2D eigenvalue weighted by molar-refractivity contribution is 5.92. The molecule has 0 amide bonds. The van der Waals surface area contributed by atoms with Crippen LogP contribution < -0.4 is 4.74 Å². The molecular weight excluding hydrogens is 364 g/mol. The third kappa shape index (κ3) is 3.97. The van der Waals surface area contributed by atoms with Gasteiger partial charge in [-0.05, 0) is 42.3 Å². The molecule has 142 valence electrons. The minimum Gasteiger partial charge on any atom is -0.486 e. The van der Waals surface area contributed by atoms with E-state index in [1.807, 2.05) is 65.2 Å². The number of aromatic nitrogens is 2. The number of nitrogens with zero attached hydrogens (tertiary/aromatic N) is 2. The van der Waals surface area contributed by atoms with Gasteiger partial charge in [-0.2, -0.15) is 0 Å². The number of para-hydroxylation sites is 1. The lowest BCUT2D eigenvalue weighted by atomic mass is 10.2. The van der Waals surface area contributed by atoms with Crippen LogP contribution in [0.2, 0.25) is 0 Å². The molecule has 0 saturated heterocycles. The molecule has 0 N–H and O–H groups in total. The van der Waals surface area contributed by atoms with Gasteiger partial charge in [0.05, 0.1) is 7.11 Å². The molecule has 0 radical (unpaired) electrons. The quantitative estimate of drug-likeness (QED) is 0.394. The Morgan fingerprint density at radius 2 is 1.72 bits per heavy atom. The number of benzene rings is 2. The van der Waals surface area contributed by atoms with Crippen molar-refractivity contribution in [2.24, 2.45) is 0 Å².